The van der Waals surface area contributed by atoms with Crippen LogP contribution in [0.2, 0.25) is 25.7 Å². The smallest absolute Gasteiger partial charge is 0.327 e. The lowest BCUT2D eigenvalue weighted by atomic mass is 9.88. The van der Waals surface area contributed by atoms with E-state index in [1.807, 2.05) is 31.2 Å². The number of ether oxygens (including phenoxy) is 1. The predicted molar refractivity (Wildman–Crippen MR) is 156 cm³/mol. The summed E-state index contributed by atoms with van der Waals surface area (Å²) < 4.78 is 7.30. The minimum Gasteiger partial charge on any atom is -0.508 e. The van der Waals surface area contributed by atoms with E-state index in [2.05, 4.69) is 29.9 Å². The van der Waals surface area contributed by atoms with E-state index in [4.69, 9.17) is 4.74 Å². The molecule has 1 fully saturated rings. The Morgan fingerprint density at radius 3 is 2.48 bits per heavy atom. The molecule has 3 amide bonds. The number of phenolic OH excluding ortho intramolecular Hbond substituents is 1. The maximum atomic E-state index is 14.0. The number of nitrogens with one attached hydrogen (secondary N) is 1. The number of imide groups is 1. The van der Waals surface area contributed by atoms with Crippen molar-refractivity contribution in [3.8, 4) is 22.9 Å². The monoisotopic (exact) mass is 558 g/mol. The third-order valence-corrected chi connectivity index (χ3v) is 8.94. The van der Waals surface area contributed by atoms with Gasteiger partial charge < -0.3 is 24.8 Å². The lowest BCUT2D eigenvalue weighted by Gasteiger charge is -2.28. The number of hydrogen-bond acceptors (Lipinski definition) is 6. The summed E-state index contributed by atoms with van der Waals surface area (Å²) in [5, 5.41) is 25.0. The molecule has 10 heteroatoms. The van der Waals surface area contributed by atoms with Gasteiger partial charge in [0.15, 0.2) is 11.4 Å². The van der Waals surface area contributed by atoms with E-state index in [9.17, 15) is 19.8 Å². The van der Waals surface area contributed by atoms with E-state index >= 15 is 0 Å². The van der Waals surface area contributed by atoms with Crippen LogP contribution in [0.15, 0.2) is 67.0 Å². The molecular formula is C30H34N4O5Si. The molecule has 2 aromatic carbocycles. The number of aromatic hydroxyl groups is 2. The molecule has 0 spiro atoms. The maximum absolute atomic E-state index is 14.0. The molecule has 0 bridgehead atoms. The minimum atomic E-state index is -1.49. The lowest BCUT2D eigenvalue weighted by molar-refractivity contribution is -0.135. The van der Waals surface area contributed by atoms with Crippen molar-refractivity contribution in [2.24, 2.45) is 0 Å². The Bertz CT molecular complexity index is 1580. The van der Waals surface area contributed by atoms with E-state index in [-0.39, 0.29) is 24.9 Å². The number of rotatable bonds is 9. The van der Waals surface area contributed by atoms with Crippen molar-refractivity contribution in [2.45, 2.75) is 44.7 Å². The number of amides is 3. The zero-order chi connectivity index (χ0) is 28.7. The molecule has 2 aromatic heterocycles. The van der Waals surface area contributed by atoms with Crippen LogP contribution in [0.25, 0.3) is 22.0 Å². The zero-order valence-electron chi connectivity index (χ0n) is 23.1. The van der Waals surface area contributed by atoms with Crippen LogP contribution in [0.3, 0.4) is 0 Å². The van der Waals surface area contributed by atoms with Gasteiger partial charge in [0.05, 0.1) is 12.2 Å². The second-order valence-corrected chi connectivity index (χ2v) is 17.2. The highest BCUT2D eigenvalue weighted by atomic mass is 28.3. The van der Waals surface area contributed by atoms with Crippen LogP contribution < -0.4 is 5.32 Å². The van der Waals surface area contributed by atoms with Gasteiger partial charge in [0.1, 0.15) is 12.5 Å². The van der Waals surface area contributed by atoms with E-state index in [0.29, 0.717) is 22.9 Å². The summed E-state index contributed by atoms with van der Waals surface area (Å²) in [5.41, 5.74) is 1.82. The van der Waals surface area contributed by atoms with Gasteiger partial charge in [0, 0.05) is 43.4 Å². The Hall–Kier alpha value is -4.15. The number of carbonyl (C=O) groups is 2. The molecule has 1 aliphatic rings. The van der Waals surface area contributed by atoms with Gasteiger partial charge in [0.2, 0.25) is 0 Å². The summed E-state index contributed by atoms with van der Waals surface area (Å²) in [7, 11) is -1.35. The van der Waals surface area contributed by atoms with Crippen LogP contribution >= 0.6 is 0 Å². The summed E-state index contributed by atoms with van der Waals surface area (Å²) in [5.74, 6) is -0.563. The molecular weight excluding hydrogens is 524 g/mol. The number of fused-ring (bicyclic) bond motifs is 1. The number of phenols is 1. The first kappa shape index (κ1) is 27.4. The van der Waals surface area contributed by atoms with Crippen LogP contribution in [0, 0.1) is 6.92 Å². The van der Waals surface area contributed by atoms with Crippen LogP contribution in [0.5, 0.6) is 11.6 Å². The zero-order valence-corrected chi connectivity index (χ0v) is 24.1. The fraction of sp³-hybridized carbons (Fsp3) is 0.300. The van der Waals surface area contributed by atoms with Gasteiger partial charge >= 0.3 is 6.03 Å². The third-order valence-electron chi connectivity index (χ3n) is 7.23. The molecule has 0 saturated carbocycles. The fourth-order valence-electron chi connectivity index (χ4n) is 4.90. The standard InChI is InChI=1S/C30H34N4O5Si/c1-20-11-12-31-26(15-20)21-5-8-23(9-6-21)30(18-33-17-22-7-10-24(35)16-25(22)27(33)36)28(37)34(29(38)32-30)19-39-13-14-40(2,3)4/h5-12,15-17,35-36H,13-14,18-19H2,1-4H3,(H,32,38). The number of pyridine rings is 1. The van der Waals surface area contributed by atoms with E-state index in [1.54, 1.807) is 30.6 Å². The van der Waals surface area contributed by atoms with E-state index in [1.165, 1.54) is 16.7 Å². The first-order chi connectivity index (χ1) is 19.0. The van der Waals surface area contributed by atoms with Gasteiger partial charge in [-0.05, 0) is 54.4 Å². The van der Waals surface area contributed by atoms with Crippen LogP contribution in [0.1, 0.15) is 11.1 Å². The molecule has 1 atom stereocenters. The Morgan fingerprint density at radius 1 is 1.02 bits per heavy atom. The highest BCUT2D eigenvalue weighted by molar-refractivity contribution is 6.76. The van der Waals surface area contributed by atoms with Crippen LogP contribution in [0.4, 0.5) is 4.79 Å². The first-order valence-corrected chi connectivity index (χ1v) is 16.9. The summed E-state index contributed by atoms with van der Waals surface area (Å²) in [6, 6.07) is 16.3. The Balaban J connectivity index is 1.51. The van der Waals surface area contributed by atoms with Gasteiger partial charge in [-0.25, -0.2) is 9.69 Å². The van der Waals surface area contributed by atoms with Gasteiger partial charge in [-0.2, -0.15) is 0 Å². The van der Waals surface area contributed by atoms with E-state index in [0.717, 1.165) is 27.8 Å². The van der Waals surface area contributed by atoms with Crippen molar-refractivity contribution in [1.29, 1.82) is 0 Å². The highest BCUT2D eigenvalue weighted by Gasteiger charge is 2.53. The number of aromatic nitrogens is 2. The molecule has 0 aliphatic carbocycles. The van der Waals surface area contributed by atoms with Crippen molar-refractivity contribution in [1.82, 2.24) is 19.8 Å². The summed E-state index contributed by atoms with van der Waals surface area (Å²) in [4.78, 5) is 32.8. The summed E-state index contributed by atoms with van der Waals surface area (Å²) in [6.45, 7) is 8.94. The summed E-state index contributed by atoms with van der Waals surface area (Å²) >= 11 is 0. The topological polar surface area (TPSA) is 117 Å². The van der Waals surface area contributed by atoms with Crippen LogP contribution in [-0.2, 0) is 21.6 Å². The van der Waals surface area contributed by atoms with Crippen molar-refractivity contribution >= 4 is 30.8 Å². The number of carbonyl (C=O) groups excluding carboxylic acids is 2. The molecule has 1 saturated heterocycles. The van der Waals surface area contributed by atoms with Crippen molar-refractivity contribution in [3.05, 3.63) is 78.1 Å². The molecule has 4 aromatic rings. The third kappa shape index (κ3) is 5.32. The first-order valence-electron chi connectivity index (χ1n) is 13.2. The molecule has 1 unspecified atom stereocenters. The molecule has 9 nitrogen and oxygen atoms in total. The normalized spacial score (nSPS) is 17.6. The fourth-order valence-corrected chi connectivity index (χ4v) is 5.66. The summed E-state index contributed by atoms with van der Waals surface area (Å²) in [6.07, 6.45) is 3.45. The molecule has 40 heavy (non-hydrogen) atoms. The second-order valence-electron chi connectivity index (χ2n) is 11.6. The van der Waals surface area contributed by atoms with Crippen molar-refractivity contribution < 1.29 is 24.5 Å². The average molecular weight is 559 g/mol. The second kappa shape index (κ2) is 10.4. The quantitative estimate of drug-likeness (QED) is 0.148. The number of urea groups is 1. The molecule has 0 radical (unpaired) electrons. The minimum absolute atomic E-state index is 0.0162. The van der Waals surface area contributed by atoms with Crippen molar-refractivity contribution in [3.63, 3.8) is 0 Å². The van der Waals surface area contributed by atoms with Gasteiger partial charge in [0.25, 0.3) is 5.91 Å². The van der Waals surface area contributed by atoms with E-state index < -0.39 is 25.6 Å². The molecule has 3 N–H and O–H groups in total. The maximum Gasteiger partial charge on any atom is 0.327 e. The Labute approximate surface area is 234 Å². The molecule has 5 rings (SSSR count). The molecule has 1 aliphatic heterocycles. The Morgan fingerprint density at radius 2 is 1.77 bits per heavy atom. The lowest BCUT2D eigenvalue weighted by Crippen LogP contribution is -2.47. The van der Waals surface area contributed by atoms with Gasteiger partial charge in [-0.15, -0.1) is 0 Å². The predicted octanol–water partition coefficient (Wildman–Crippen LogP) is 5.18. The average Bonchev–Trinajstić information content (AvgIpc) is 3.34. The number of benzene rings is 2. The van der Waals surface area contributed by atoms with Gasteiger partial charge in [-0.1, -0.05) is 43.9 Å². The SMILES string of the molecule is Cc1ccnc(-c2ccc(C3(Cn4cc5ccc(O)cc5c4O)NC(=O)N(COCC[Si](C)(C)C)C3=O)cc2)c1. The molecule has 208 valence electrons. The van der Waals surface area contributed by atoms with Crippen LogP contribution in [-0.4, -0.2) is 58.0 Å². The number of nitrogens with zero attached hydrogens (tertiary/aromatic N) is 3. The number of aryl methyl sites for hydroxylation is 1. The van der Waals surface area contributed by atoms with Gasteiger partial charge in [-0.3, -0.25) is 9.78 Å². The highest BCUT2D eigenvalue weighted by Crippen LogP contribution is 2.37. The number of hydrogen-bond donors (Lipinski definition) is 3. The van der Waals surface area contributed by atoms with Crippen molar-refractivity contribution in [2.75, 3.05) is 13.3 Å². The Kier molecular flexibility index (Phi) is 7.15. The largest absolute Gasteiger partial charge is 0.508 e. The molecule has 3 heterocycles.